The summed E-state index contributed by atoms with van der Waals surface area (Å²) in [5, 5.41) is 15.7. The Morgan fingerprint density at radius 1 is 1.43 bits per heavy atom. The molecule has 2 N–H and O–H groups in total. The van der Waals surface area contributed by atoms with Gasteiger partial charge in [-0.25, -0.2) is 0 Å². The van der Waals surface area contributed by atoms with Gasteiger partial charge in [0.25, 0.3) is 5.91 Å². The number of hydrogen-bond acceptors (Lipinski definition) is 3. The van der Waals surface area contributed by atoms with E-state index < -0.39 is 0 Å². The second kappa shape index (κ2) is 6.73. The van der Waals surface area contributed by atoms with Crippen LogP contribution in [0.3, 0.4) is 0 Å². The predicted molar refractivity (Wildman–Crippen MR) is 80.9 cm³/mol. The average molecular weight is 283 g/mol. The molecule has 0 atom stereocenters. The number of aryl methyl sites for hydroxylation is 2. The van der Waals surface area contributed by atoms with Gasteiger partial charge in [0.1, 0.15) is 6.61 Å². The standard InChI is InChI=1S/C16H17N3O2/c1-3-13-11-12(5-4-10-20)6-7-14(13)17-16(21)15-8-9-19(2)18-15/h6-9,11,20H,3,10H2,1-2H3,(H,17,21). The topological polar surface area (TPSA) is 67.2 Å². The van der Waals surface area contributed by atoms with E-state index in [4.69, 9.17) is 5.11 Å². The molecule has 0 aliphatic carbocycles. The first-order valence-corrected chi connectivity index (χ1v) is 6.67. The number of carbonyl (C=O) groups is 1. The molecule has 0 saturated heterocycles. The van der Waals surface area contributed by atoms with Crippen molar-refractivity contribution in [1.82, 2.24) is 9.78 Å². The Morgan fingerprint density at radius 2 is 2.24 bits per heavy atom. The van der Waals surface area contributed by atoms with Gasteiger partial charge in [0.15, 0.2) is 5.69 Å². The van der Waals surface area contributed by atoms with Gasteiger partial charge in [0.05, 0.1) is 0 Å². The Labute approximate surface area is 123 Å². The van der Waals surface area contributed by atoms with E-state index >= 15 is 0 Å². The predicted octanol–water partition coefficient (Wildman–Crippen LogP) is 1.58. The average Bonchev–Trinajstić information content (AvgIpc) is 2.92. The van der Waals surface area contributed by atoms with Crippen molar-refractivity contribution in [2.75, 3.05) is 11.9 Å². The number of aliphatic hydroxyl groups is 1. The van der Waals surface area contributed by atoms with Crippen molar-refractivity contribution in [3.8, 4) is 11.8 Å². The highest BCUT2D eigenvalue weighted by molar-refractivity contribution is 6.03. The summed E-state index contributed by atoms with van der Waals surface area (Å²) in [6.45, 7) is 1.84. The van der Waals surface area contributed by atoms with Crippen LogP contribution in [0.15, 0.2) is 30.5 Å². The monoisotopic (exact) mass is 283 g/mol. The Balaban J connectivity index is 2.21. The quantitative estimate of drug-likeness (QED) is 0.840. The summed E-state index contributed by atoms with van der Waals surface area (Å²) in [6.07, 6.45) is 2.50. The zero-order valence-electron chi connectivity index (χ0n) is 12.1. The number of nitrogens with zero attached hydrogens (tertiary/aromatic N) is 2. The number of anilines is 1. The van der Waals surface area contributed by atoms with E-state index in [0.717, 1.165) is 23.2 Å². The molecule has 0 aliphatic rings. The Morgan fingerprint density at radius 3 is 2.86 bits per heavy atom. The molecule has 108 valence electrons. The lowest BCUT2D eigenvalue weighted by atomic mass is 10.1. The maximum Gasteiger partial charge on any atom is 0.276 e. The minimum atomic E-state index is -0.237. The molecule has 2 aromatic rings. The summed E-state index contributed by atoms with van der Waals surface area (Å²) in [6, 6.07) is 7.22. The Bertz CT molecular complexity index is 708. The fourth-order valence-electron chi connectivity index (χ4n) is 1.95. The molecule has 0 unspecified atom stereocenters. The van der Waals surface area contributed by atoms with Crippen LogP contribution in [0.4, 0.5) is 5.69 Å². The van der Waals surface area contributed by atoms with E-state index in [2.05, 4.69) is 22.3 Å². The van der Waals surface area contributed by atoms with Gasteiger partial charge in [-0.3, -0.25) is 9.48 Å². The third-order valence-electron chi connectivity index (χ3n) is 2.99. The summed E-state index contributed by atoms with van der Waals surface area (Å²) in [4.78, 5) is 12.1. The van der Waals surface area contributed by atoms with Gasteiger partial charge < -0.3 is 10.4 Å². The van der Waals surface area contributed by atoms with Crippen molar-refractivity contribution in [3.05, 3.63) is 47.3 Å². The fraction of sp³-hybridized carbons (Fsp3) is 0.250. The SMILES string of the molecule is CCc1cc(C#CCO)ccc1NC(=O)c1ccn(C)n1. The number of hydrogen-bond donors (Lipinski definition) is 2. The smallest absolute Gasteiger partial charge is 0.276 e. The minimum absolute atomic E-state index is 0.167. The maximum absolute atomic E-state index is 12.1. The molecule has 0 aliphatic heterocycles. The molecule has 21 heavy (non-hydrogen) atoms. The number of benzene rings is 1. The Hall–Kier alpha value is -2.58. The number of carbonyl (C=O) groups excluding carboxylic acids is 1. The van der Waals surface area contributed by atoms with E-state index in [9.17, 15) is 4.79 Å². The van der Waals surface area contributed by atoms with Crippen LogP contribution < -0.4 is 5.32 Å². The van der Waals surface area contributed by atoms with Gasteiger partial charge in [-0.2, -0.15) is 5.10 Å². The fourth-order valence-corrected chi connectivity index (χ4v) is 1.95. The first kappa shape index (κ1) is 14.8. The molecular formula is C16H17N3O2. The summed E-state index contributed by atoms with van der Waals surface area (Å²) in [5.74, 6) is 5.23. The molecule has 1 aromatic heterocycles. The van der Waals surface area contributed by atoms with Gasteiger partial charge >= 0.3 is 0 Å². The van der Waals surface area contributed by atoms with Crippen molar-refractivity contribution >= 4 is 11.6 Å². The zero-order chi connectivity index (χ0) is 15.2. The van der Waals surface area contributed by atoms with Crippen molar-refractivity contribution in [2.24, 2.45) is 7.05 Å². The van der Waals surface area contributed by atoms with Crippen molar-refractivity contribution in [1.29, 1.82) is 0 Å². The summed E-state index contributed by atoms with van der Waals surface area (Å²) >= 11 is 0. The molecule has 0 spiro atoms. The van der Waals surface area contributed by atoms with Crippen LogP contribution in [-0.4, -0.2) is 27.4 Å². The van der Waals surface area contributed by atoms with Crippen LogP contribution in [0, 0.1) is 11.8 Å². The number of nitrogens with one attached hydrogen (secondary N) is 1. The van der Waals surface area contributed by atoms with E-state index in [1.165, 1.54) is 0 Å². The van der Waals surface area contributed by atoms with E-state index in [1.54, 1.807) is 24.0 Å². The van der Waals surface area contributed by atoms with Crippen LogP contribution in [0.1, 0.15) is 28.5 Å². The number of aromatic nitrogens is 2. The van der Waals surface area contributed by atoms with Gasteiger partial charge in [0.2, 0.25) is 0 Å². The third kappa shape index (κ3) is 3.71. The first-order chi connectivity index (χ1) is 10.1. The minimum Gasteiger partial charge on any atom is -0.384 e. The van der Waals surface area contributed by atoms with E-state index in [0.29, 0.717) is 5.69 Å². The second-order valence-electron chi connectivity index (χ2n) is 4.51. The molecule has 2 rings (SSSR count). The first-order valence-electron chi connectivity index (χ1n) is 6.67. The molecule has 0 fully saturated rings. The Kier molecular flexibility index (Phi) is 4.75. The summed E-state index contributed by atoms with van der Waals surface area (Å²) in [7, 11) is 1.77. The van der Waals surface area contributed by atoms with E-state index in [1.807, 2.05) is 25.1 Å². The lowest BCUT2D eigenvalue weighted by Gasteiger charge is -2.09. The van der Waals surface area contributed by atoms with Crippen molar-refractivity contribution in [2.45, 2.75) is 13.3 Å². The molecule has 0 saturated carbocycles. The largest absolute Gasteiger partial charge is 0.384 e. The molecule has 5 heteroatoms. The van der Waals surface area contributed by atoms with Crippen LogP contribution in [0.25, 0.3) is 0 Å². The van der Waals surface area contributed by atoms with Crippen molar-refractivity contribution < 1.29 is 9.90 Å². The van der Waals surface area contributed by atoms with Crippen LogP contribution in [0.5, 0.6) is 0 Å². The molecule has 0 radical (unpaired) electrons. The van der Waals surface area contributed by atoms with Gasteiger partial charge in [0, 0.05) is 24.5 Å². The van der Waals surface area contributed by atoms with Crippen molar-refractivity contribution in [3.63, 3.8) is 0 Å². The third-order valence-corrected chi connectivity index (χ3v) is 2.99. The zero-order valence-corrected chi connectivity index (χ0v) is 12.1. The maximum atomic E-state index is 12.1. The molecule has 1 aromatic carbocycles. The number of aliphatic hydroxyl groups excluding tert-OH is 1. The summed E-state index contributed by atoms with van der Waals surface area (Å²) in [5.41, 5.74) is 2.94. The second-order valence-corrected chi connectivity index (χ2v) is 4.51. The lowest BCUT2D eigenvalue weighted by molar-refractivity contribution is 0.102. The van der Waals surface area contributed by atoms with Gasteiger partial charge in [-0.1, -0.05) is 18.8 Å². The number of rotatable bonds is 3. The molecule has 1 heterocycles. The number of amides is 1. The molecule has 1 amide bonds. The van der Waals surface area contributed by atoms with Gasteiger partial charge in [-0.15, -0.1) is 0 Å². The lowest BCUT2D eigenvalue weighted by Crippen LogP contribution is -2.14. The molecular weight excluding hydrogens is 266 g/mol. The van der Waals surface area contributed by atoms with Crippen LogP contribution >= 0.6 is 0 Å². The molecule has 0 bridgehead atoms. The van der Waals surface area contributed by atoms with E-state index in [-0.39, 0.29) is 12.5 Å². The highest BCUT2D eigenvalue weighted by Gasteiger charge is 2.11. The van der Waals surface area contributed by atoms with Crippen LogP contribution in [-0.2, 0) is 13.5 Å². The normalized spacial score (nSPS) is 9.86. The highest BCUT2D eigenvalue weighted by atomic mass is 16.2. The van der Waals surface area contributed by atoms with Gasteiger partial charge in [-0.05, 0) is 36.2 Å². The molecule has 5 nitrogen and oxygen atoms in total. The summed E-state index contributed by atoms with van der Waals surface area (Å²) < 4.78 is 1.59. The van der Waals surface area contributed by atoms with Crippen LogP contribution in [0.2, 0.25) is 0 Å². The highest BCUT2D eigenvalue weighted by Crippen LogP contribution is 2.18.